The summed E-state index contributed by atoms with van der Waals surface area (Å²) in [6, 6.07) is 5.12. The van der Waals surface area contributed by atoms with E-state index in [1.54, 1.807) is 0 Å². The van der Waals surface area contributed by atoms with Crippen molar-refractivity contribution in [3.8, 4) is 5.75 Å². The van der Waals surface area contributed by atoms with Crippen molar-refractivity contribution in [2.24, 2.45) is 0 Å². The average Bonchev–Trinajstić information content (AvgIpc) is 2.78. The minimum atomic E-state index is -4.80. The Morgan fingerprint density at radius 3 is 2.81 bits per heavy atom. The van der Waals surface area contributed by atoms with Gasteiger partial charge in [0.15, 0.2) is 0 Å². The lowest BCUT2D eigenvalue weighted by molar-refractivity contribution is -0.139. The molecule has 1 aliphatic rings. The largest absolute Gasteiger partial charge is 0.493 e. The second-order valence-electron chi connectivity index (χ2n) is 6.15. The van der Waals surface area contributed by atoms with Gasteiger partial charge in [0.25, 0.3) is 5.56 Å². The number of aromatic nitrogens is 1. The maximum absolute atomic E-state index is 13.6. The number of nitrogens with one attached hydrogen (secondary N) is 1. The zero-order valence-corrected chi connectivity index (χ0v) is 14.1. The third kappa shape index (κ3) is 4.29. The number of hydrogen-bond acceptors (Lipinski definition) is 3. The zero-order valence-electron chi connectivity index (χ0n) is 14.1. The molecule has 1 atom stereocenters. The number of halogens is 4. The molecule has 1 aromatic carbocycles. The Hall–Kier alpha value is -2.84. The molecule has 1 amide bonds. The van der Waals surface area contributed by atoms with Crippen molar-refractivity contribution in [2.75, 3.05) is 6.61 Å². The summed E-state index contributed by atoms with van der Waals surface area (Å²) in [7, 11) is 0. The minimum absolute atomic E-state index is 0.401. The summed E-state index contributed by atoms with van der Waals surface area (Å²) < 4.78 is 58.2. The van der Waals surface area contributed by atoms with Gasteiger partial charge in [-0.25, -0.2) is 4.39 Å². The van der Waals surface area contributed by atoms with Crippen LogP contribution in [0.15, 0.2) is 41.3 Å². The van der Waals surface area contributed by atoms with Crippen molar-refractivity contribution < 1.29 is 27.1 Å². The van der Waals surface area contributed by atoms with E-state index in [4.69, 9.17) is 4.74 Å². The van der Waals surface area contributed by atoms with Crippen LogP contribution in [0.3, 0.4) is 0 Å². The smallest absolute Gasteiger partial charge is 0.421 e. The Labute approximate surface area is 151 Å². The highest BCUT2D eigenvalue weighted by atomic mass is 19.4. The summed E-state index contributed by atoms with van der Waals surface area (Å²) in [6.07, 6.45) is -2.61. The zero-order chi connectivity index (χ0) is 19.6. The number of ether oxygens (including phenoxy) is 1. The van der Waals surface area contributed by atoms with Crippen molar-refractivity contribution in [1.82, 2.24) is 9.88 Å². The van der Waals surface area contributed by atoms with Gasteiger partial charge >= 0.3 is 6.18 Å². The minimum Gasteiger partial charge on any atom is -0.493 e. The van der Waals surface area contributed by atoms with Crippen molar-refractivity contribution in [1.29, 1.82) is 0 Å². The molecular weight excluding hydrogens is 368 g/mol. The maximum atomic E-state index is 13.6. The van der Waals surface area contributed by atoms with Gasteiger partial charge in [0.2, 0.25) is 5.91 Å². The maximum Gasteiger partial charge on any atom is 0.421 e. The van der Waals surface area contributed by atoms with Gasteiger partial charge in [-0.15, -0.1) is 0 Å². The van der Waals surface area contributed by atoms with Crippen LogP contribution in [0, 0.1) is 5.82 Å². The van der Waals surface area contributed by atoms with E-state index in [9.17, 15) is 27.2 Å². The van der Waals surface area contributed by atoms with Crippen molar-refractivity contribution in [2.45, 2.75) is 31.6 Å². The Morgan fingerprint density at radius 2 is 2.07 bits per heavy atom. The highest BCUT2D eigenvalue weighted by molar-refractivity contribution is 5.76. The fourth-order valence-electron chi connectivity index (χ4n) is 2.97. The fourth-order valence-corrected chi connectivity index (χ4v) is 2.97. The van der Waals surface area contributed by atoms with E-state index in [1.807, 2.05) is 0 Å². The molecule has 5 nitrogen and oxygen atoms in total. The molecule has 1 aromatic heterocycles. The lowest BCUT2D eigenvalue weighted by atomic mass is 10.0. The predicted octanol–water partition coefficient (Wildman–Crippen LogP) is 3.04. The lowest BCUT2D eigenvalue weighted by Gasteiger charge is -2.19. The van der Waals surface area contributed by atoms with Crippen molar-refractivity contribution in [3.05, 3.63) is 63.8 Å². The van der Waals surface area contributed by atoms with Gasteiger partial charge in [0.05, 0.1) is 12.6 Å². The molecule has 0 aliphatic carbocycles. The summed E-state index contributed by atoms with van der Waals surface area (Å²) >= 11 is 0. The van der Waals surface area contributed by atoms with Crippen LogP contribution in [0.4, 0.5) is 17.6 Å². The SMILES string of the molecule is O=C(Cn1cccc(C(F)(F)F)c1=O)NC1CCCOc2ccc(F)cc21. The van der Waals surface area contributed by atoms with Gasteiger partial charge in [-0.2, -0.15) is 13.2 Å². The fraction of sp³-hybridized carbons (Fsp3) is 0.333. The molecule has 1 unspecified atom stereocenters. The van der Waals surface area contributed by atoms with Gasteiger partial charge in [-0.3, -0.25) is 9.59 Å². The van der Waals surface area contributed by atoms with Crippen LogP contribution in [0.5, 0.6) is 5.75 Å². The first-order valence-electron chi connectivity index (χ1n) is 8.24. The van der Waals surface area contributed by atoms with E-state index >= 15 is 0 Å². The first-order chi connectivity index (χ1) is 12.8. The van der Waals surface area contributed by atoms with Gasteiger partial charge in [0, 0.05) is 11.8 Å². The number of fused-ring (bicyclic) bond motifs is 1. The molecule has 1 N–H and O–H groups in total. The van der Waals surface area contributed by atoms with Crippen LogP contribution in [0.2, 0.25) is 0 Å². The highest BCUT2D eigenvalue weighted by Crippen LogP contribution is 2.32. The Morgan fingerprint density at radius 1 is 1.30 bits per heavy atom. The van der Waals surface area contributed by atoms with Gasteiger partial charge < -0.3 is 14.6 Å². The van der Waals surface area contributed by atoms with Crippen molar-refractivity contribution >= 4 is 5.91 Å². The number of nitrogens with zero attached hydrogens (tertiary/aromatic N) is 1. The molecule has 0 spiro atoms. The second kappa shape index (κ2) is 7.42. The Balaban J connectivity index is 1.80. The Kier molecular flexibility index (Phi) is 5.20. The number of pyridine rings is 1. The third-order valence-electron chi connectivity index (χ3n) is 4.22. The third-order valence-corrected chi connectivity index (χ3v) is 4.22. The molecule has 144 valence electrons. The molecule has 0 fully saturated rings. The van der Waals surface area contributed by atoms with Crippen molar-refractivity contribution in [3.63, 3.8) is 0 Å². The molecule has 3 rings (SSSR count). The van der Waals surface area contributed by atoms with Crippen LogP contribution in [-0.4, -0.2) is 17.1 Å². The molecular formula is C18H16F4N2O3. The quantitative estimate of drug-likeness (QED) is 0.828. The van der Waals surface area contributed by atoms with Gasteiger partial charge in [-0.1, -0.05) is 0 Å². The molecule has 9 heteroatoms. The van der Waals surface area contributed by atoms with Crippen LogP contribution in [-0.2, 0) is 17.5 Å². The summed E-state index contributed by atoms with van der Waals surface area (Å²) in [5, 5.41) is 2.65. The Bertz CT molecular complexity index is 908. The molecule has 27 heavy (non-hydrogen) atoms. The van der Waals surface area contributed by atoms with Gasteiger partial charge in [0.1, 0.15) is 23.7 Å². The monoisotopic (exact) mass is 384 g/mol. The standard InChI is InChI=1S/C18H16F4N2O3/c19-11-5-6-15-12(9-11)14(4-2-8-27-15)23-16(25)10-24-7-1-3-13(17(24)26)18(20,21)22/h1,3,5-7,9,14H,2,4,8,10H2,(H,23,25). The molecule has 0 bridgehead atoms. The molecule has 2 aromatic rings. The first-order valence-corrected chi connectivity index (χ1v) is 8.24. The number of hydrogen-bond donors (Lipinski definition) is 1. The normalized spacial score (nSPS) is 16.8. The van der Waals surface area contributed by atoms with E-state index in [0.717, 1.165) is 12.3 Å². The van der Waals surface area contributed by atoms with Crippen LogP contribution in [0.1, 0.15) is 30.0 Å². The van der Waals surface area contributed by atoms with E-state index in [0.29, 0.717) is 41.4 Å². The number of alkyl halides is 3. The summed E-state index contributed by atoms with van der Waals surface area (Å²) in [5.41, 5.74) is -2.18. The molecule has 0 saturated carbocycles. The molecule has 2 heterocycles. The number of benzene rings is 1. The van der Waals surface area contributed by atoms with E-state index < -0.39 is 41.6 Å². The molecule has 0 radical (unpaired) electrons. The number of rotatable bonds is 3. The van der Waals surface area contributed by atoms with E-state index in [2.05, 4.69) is 5.32 Å². The average molecular weight is 384 g/mol. The van der Waals surface area contributed by atoms with E-state index in [-0.39, 0.29) is 0 Å². The topological polar surface area (TPSA) is 60.3 Å². The number of amides is 1. The predicted molar refractivity (Wildman–Crippen MR) is 87.7 cm³/mol. The summed E-state index contributed by atoms with van der Waals surface area (Å²) in [6.45, 7) is -0.178. The van der Waals surface area contributed by atoms with Crippen LogP contribution in [0.25, 0.3) is 0 Å². The summed E-state index contributed by atoms with van der Waals surface area (Å²) in [4.78, 5) is 24.2. The number of carbonyl (C=O) groups is 1. The van der Waals surface area contributed by atoms with Crippen LogP contribution >= 0.6 is 0 Å². The van der Waals surface area contributed by atoms with E-state index in [1.165, 1.54) is 18.2 Å². The number of carbonyl (C=O) groups excluding carboxylic acids is 1. The molecule has 0 saturated heterocycles. The second-order valence-corrected chi connectivity index (χ2v) is 6.15. The van der Waals surface area contributed by atoms with Gasteiger partial charge in [-0.05, 0) is 43.2 Å². The molecule has 1 aliphatic heterocycles. The lowest BCUT2D eigenvalue weighted by Crippen LogP contribution is -2.36. The van der Waals surface area contributed by atoms with Crippen LogP contribution < -0.4 is 15.6 Å². The highest BCUT2D eigenvalue weighted by Gasteiger charge is 2.34. The summed E-state index contributed by atoms with van der Waals surface area (Å²) in [5.74, 6) is -0.707. The first kappa shape index (κ1) is 18.9.